The van der Waals surface area contributed by atoms with Gasteiger partial charge in [0.2, 0.25) is 5.88 Å². The van der Waals surface area contributed by atoms with Gasteiger partial charge < -0.3 is 15.8 Å². The Labute approximate surface area is 144 Å². The first-order chi connectivity index (χ1) is 12.3. The summed E-state index contributed by atoms with van der Waals surface area (Å²) in [5, 5.41) is 5.22. The molecule has 6 nitrogen and oxygen atoms in total. The molecule has 0 saturated heterocycles. The van der Waals surface area contributed by atoms with Crippen LogP contribution >= 0.6 is 0 Å². The van der Waals surface area contributed by atoms with Crippen LogP contribution in [0.3, 0.4) is 0 Å². The van der Waals surface area contributed by atoms with Crippen molar-refractivity contribution in [2.75, 3.05) is 11.1 Å². The Balaban J connectivity index is 1.68. The van der Waals surface area contributed by atoms with E-state index in [1.165, 1.54) is 6.33 Å². The highest BCUT2D eigenvalue weighted by molar-refractivity contribution is 5.88. The molecule has 2 aromatic carbocycles. The highest BCUT2D eigenvalue weighted by atomic mass is 16.5. The molecule has 0 radical (unpaired) electrons. The molecule has 3 N–H and O–H groups in total. The van der Waals surface area contributed by atoms with E-state index < -0.39 is 0 Å². The monoisotopic (exact) mass is 329 g/mol. The fourth-order valence-corrected chi connectivity index (χ4v) is 2.52. The Kier molecular flexibility index (Phi) is 3.84. The van der Waals surface area contributed by atoms with Gasteiger partial charge in [-0.25, -0.2) is 4.98 Å². The number of fused-ring (bicyclic) bond motifs is 1. The van der Waals surface area contributed by atoms with Crippen LogP contribution in [-0.2, 0) is 0 Å². The maximum Gasteiger partial charge on any atom is 0.248 e. The van der Waals surface area contributed by atoms with Gasteiger partial charge in [0.05, 0.1) is 0 Å². The molecule has 2 aromatic heterocycles. The predicted octanol–water partition coefficient (Wildman–Crippen LogP) is 4.14. The fraction of sp³-hybridized carbons (Fsp3) is 0. The zero-order valence-corrected chi connectivity index (χ0v) is 13.3. The van der Waals surface area contributed by atoms with Crippen molar-refractivity contribution in [2.45, 2.75) is 0 Å². The topological polar surface area (TPSA) is 86.0 Å². The lowest BCUT2D eigenvalue weighted by Gasteiger charge is -2.12. The lowest BCUT2D eigenvalue weighted by Crippen LogP contribution is -2.03. The summed E-state index contributed by atoms with van der Waals surface area (Å²) in [6.45, 7) is 0. The third kappa shape index (κ3) is 3.05. The number of nitrogens with one attached hydrogen (secondary N) is 1. The minimum Gasteiger partial charge on any atom is -0.436 e. The van der Waals surface area contributed by atoms with E-state index in [0.29, 0.717) is 23.1 Å². The molecule has 25 heavy (non-hydrogen) atoms. The molecular formula is C19H15N5O. The summed E-state index contributed by atoms with van der Waals surface area (Å²) >= 11 is 0. The van der Waals surface area contributed by atoms with Crippen LogP contribution in [0.4, 0.5) is 17.2 Å². The van der Waals surface area contributed by atoms with E-state index in [-0.39, 0.29) is 0 Å². The summed E-state index contributed by atoms with van der Waals surface area (Å²) in [6, 6.07) is 17.5. The number of nitrogens with zero attached hydrogens (tertiary/aromatic N) is 3. The molecule has 0 aliphatic carbocycles. The second-order valence-electron chi connectivity index (χ2n) is 5.38. The van der Waals surface area contributed by atoms with Gasteiger partial charge in [0.25, 0.3) is 0 Å². The molecule has 0 aliphatic rings. The molecule has 2 heterocycles. The Morgan fingerprint density at radius 3 is 2.56 bits per heavy atom. The summed E-state index contributed by atoms with van der Waals surface area (Å²) in [4.78, 5) is 12.3. The van der Waals surface area contributed by atoms with Crippen molar-refractivity contribution < 1.29 is 4.74 Å². The fourth-order valence-electron chi connectivity index (χ4n) is 2.52. The summed E-state index contributed by atoms with van der Waals surface area (Å²) in [6.07, 6.45) is 4.79. The smallest absolute Gasteiger partial charge is 0.248 e. The van der Waals surface area contributed by atoms with Crippen molar-refractivity contribution in [1.82, 2.24) is 15.0 Å². The average Bonchev–Trinajstić information content (AvgIpc) is 2.66. The Hall–Kier alpha value is -3.67. The van der Waals surface area contributed by atoms with E-state index in [1.54, 1.807) is 12.4 Å². The number of anilines is 3. The number of nitrogen functional groups attached to an aromatic ring is 1. The van der Waals surface area contributed by atoms with E-state index in [0.717, 1.165) is 16.5 Å². The van der Waals surface area contributed by atoms with Gasteiger partial charge in [-0.1, -0.05) is 36.4 Å². The third-order valence-corrected chi connectivity index (χ3v) is 3.75. The molecule has 4 rings (SSSR count). The molecule has 0 spiro atoms. The zero-order valence-electron chi connectivity index (χ0n) is 13.3. The quantitative estimate of drug-likeness (QED) is 0.585. The number of rotatable bonds is 4. The van der Waals surface area contributed by atoms with Gasteiger partial charge in [0, 0.05) is 23.5 Å². The molecule has 0 amide bonds. The van der Waals surface area contributed by atoms with Crippen molar-refractivity contribution in [3.8, 4) is 11.6 Å². The van der Waals surface area contributed by atoms with Crippen molar-refractivity contribution in [3.05, 3.63) is 73.3 Å². The molecule has 0 bridgehead atoms. The number of hydrogen-bond donors (Lipinski definition) is 2. The average molecular weight is 329 g/mol. The molecule has 0 fully saturated rings. The lowest BCUT2D eigenvalue weighted by molar-refractivity contribution is 0.470. The zero-order chi connectivity index (χ0) is 17.1. The SMILES string of the molecule is Nc1c(Nc2ccncc2)ncnc1Oc1cccc2ccccc12. The van der Waals surface area contributed by atoms with Crippen LogP contribution in [0, 0.1) is 0 Å². The third-order valence-electron chi connectivity index (χ3n) is 3.75. The maximum absolute atomic E-state index is 6.19. The second-order valence-corrected chi connectivity index (χ2v) is 5.38. The van der Waals surface area contributed by atoms with E-state index >= 15 is 0 Å². The summed E-state index contributed by atoms with van der Waals surface area (Å²) in [5.74, 6) is 1.48. The highest BCUT2D eigenvalue weighted by Gasteiger charge is 2.12. The summed E-state index contributed by atoms with van der Waals surface area (Å²) < 4.78 is 5.97. The lowest BCUT2D eigenvalue weighted by atomic mass is 10.1. The van der Waals surface area contributed by atoms with Gasteiger partial charge in [0.1, 0.15) is 17.8 Å². The van der Waals surface area contributed by atoms with Gasteiger partial charge >= 0.3 is 0 Å². The van der Waals surface area contributed by atoms with E-state index in [2.05, 4.69) is 20.3 Å². The predicted molar refractivity (Wildman–Crippen MR) is 98.0 cm³/mol. The van der Waals surface area contributed by atoms with Crippen LogP contribution in [0.2, 0.25) is 0 Å². The van der Waals surface area contributed by atoms with E-state index in [9.17, 15) is 0 Å². The Bertz CT molecular complexity index is 1020. The van der Waals surface area contributed by atoms with Gasteiger partial charge in [-0.05, 0) is 23.6 Å². The minimum atomic E-state index is 0.308. The first-order valence-corrected chi connectivity index (χ1v) is 7.74. The first-order valence-electron chi connectivity index (χ1n) is 7.74. The van der Waals surface area contributed by atoms with Crippen LogP contribution in [-0.4, -0.2) is 15.0 Å². The van der Waals surface area contributed by atoms with Crippen molar-refractivity contribution in [3.63, 3.8) is 0 Å². The van der Waals surface area contributed by atoms with E-state index in [4.69, 9.17) is 10.5 Å². The first kappa shape index (κ1) is 14.9. The number of ether oxygens (including phenoxy) is 1. The number of pyridine rings is 1. The molecular weight excluding hydrogens is 314 g/mol. The van der Waals surface area contributed by atoms with Crippen LogP contribution in [0.5, 0.6) is 11.6 Å². The Morgan fingerprint density at radius 1 is 0.880 bits per heavy atom. The van der Waals surface area contributed by atoms with Gasteiger partial charge in [-0.3, -0.25) is 4.98 Å². The van der Waals surface area contributed by atoms with Gasteiger partial charge in [-0.15, -0.1) is 0 Å². The number of hydrogen-bond acceptors (Lipinski definition) is 6. The standard InChI is InChI=1S/C19H15N5O/c20-17-18(24-14-8-10-21-11-9-14)22-12-23-19(17)25-16-7-3-5-13-4-1-2-6-15(13)16/h1-12H,20H2,(H,21,22,23,24). The number of benzene rings is 2. The summed E-state index contributed by atoms with van der Waals surface area (Å²) in [7, 11) is 0. The molecule has 0 atom stereocenters. The highest BCUT2D eigenvalue weighted by Crippen LogP contribution is 2.34. The molecule has 6 heteroatoms. The second kappa shape index (κ2) is 6.45. The normalized spacial score (nSPS) is 10.6. The number of aromatic nitrogens is 3. The van der Waals surface area contributed by atoms with Gasteiger partial charge in [-0.2, -0.15) is 4.98 Å². The van der Waals surface area contributed by atoms with Crippen LogP contribution < -0.4 is 15.8 Å². The van der Waals surface area contributed by atoms with E-state index in [1.807, 2.05) is 54.6 Å². The van der Waals surface area contributed by atoms with Crippen molar-refractivity contribution in [1.29, 1.82) is 0 Å². The Morgan fingerprint density at radius 2 is 1.68 bits per heavy atom. The molecule has 4 aromatic rings. The van der Waals surface area contributed by atoms with Crippen LogP contribution in [0.25, 0.3) is 10.8 Å². The number of nitrogens with two attached hydrogens (primary N) is 1. The maximum atomic E-state index is 6.19. The van der Waals surface area contributed by atoms with Crippen LogP contribution in [0.15, 0.2) is 73.3 Å². The molecule has 0 unspecified atom stereocenters. The summed E-state index contributed by atoms with van der Waals surface area (Å²) in [5.41, 5.74) is 7.37. The van der Waals surface area contributed by atoms with Crippen molar-refractivity contribution >= 4 is 28.0 Å². The van der Waals surface area contributed by atoms with Crippen LogP contribution in [0.1, 0.15) is 0 Å². The molecule has 0 saturated carbocycles. The molecule has 122 valence electrons. The molecule has 0 aliphatic heterocycles. The van der Waals surface area contributed by atoms with Crippen molar-refractivity contribution in [2.24, 2.45) is 0 Å². The minimum absolute atomic E-state index is 0.308. The van der Waals surface area contributed by atoms with Gasteiger partial charge in [0.15, 0.2) is 5.82 Å². The largest absolute Gasteiger partial charge is 0.436 e.